The van der Waals surface area contributed by atoms with Gasteiger partial charge in [0.25, 0.3) is 0 Å². The van der Waals surface area contributed by atoms with Crippen LogP contribution >= 0.6 is 0 Å². The Kier molecular flexibility index (Phi) is 9.09. The summed E-state index contributed by atoms with van der Waals surface area (Å²) in [6.45, 7) is 0.490. The number of hydrogen-bond donors (Lipinski definition) is 4. The Balaban J connectivity index is 1.74. The van der Waals surface area contributed by atoms with E-state index in [0.717, 1.165) is 5.56 Å². The molecule has 0 aliphatic carbocycles. The number of amides is 3. The van der Waals surface area contributed by atoms with Gasteiger partial charge in [0, 0.05) is 25.0 Å². The lowest BCUT2D eigenvalue weighted by molar-refractivity contribution is -0.128. The molecule has 9 heteroatoms. The van der Waals surface area contributed by atoms with Crippen molar-refractivity contribution in [3.8, 4) is 6.07 Å². The Morgan fingerprint density at radius 3 is 2.51 bits per heavy atom. The molecule has 3 amide bonds. The Morgan fingerprint density at radius 2 is 1.89 bits per heavy atom. The molecular formula is C26H27FN4O4. The molecule has 0 saturated carbocycles. The van der Waals surface area contributed by atoms with E-state index in [9.17, 15) is 29.1 Å². The topological polar surface area (TPSA) is 131 Å². The maximum absolute atomic E-state index is 13.3. The first-order valence-electron chi connectivity index (χ1n) is 11.3. The molecule has 1 aliphatic heterocycles. The molecule has 4 atom stereocenters. The molecule has 1 aliphatic rings. The fourth-order valence-corrected chi connectivity index (χ4v) is 3.84. The van der Waals surface area contributed by atoms with Gasteiger partial charge in [-0.05, 0) is 42.2 Å². The number of nitrogens with one attached hydrogen (secondary N) is 3. The van der Waals surface area contributed by atoms with Gasteiger partial charge in [-0.3, -0.25) is 14.4 Å². The lowest BCUT2D eigenvalue weighted by Crippen LogP contribution is -2.53. The summed E-state index contributed by atoms with van der Waals surface area (Å²) in [5.74, 6) is -2.23. The largest absolute Gasteiger partial charge is 0.376 e. The van der Waals surface area contributed by atoms with Crippen LogP contribution in [0.1, 0.15) is 24.0 Å². The van der Waals surface area contributed by atoms with Crippen LogP contribution in [0.15, 0.2) is 60.7 Å². The smallest absolute Gasteiger partial charge is 0.244 e. The molecule has 0 spiro atoms. The van der Waals surface area contributed by atoms with E-state index in [-0.39, 0.29) is 18.7 Å². The quantitative estimate of drug-likeness (QED) is 0.303. The number of nitriles is 1. The highest BCUT2D eigenvalue weighted by atomic mass is 19.1. The zero-order valence-corrected chi connectivity index (χ0v) is 19.0. The minimum absolute atomic E-state index is 0.0519. The van der Waals surface area contributed by atoms with Crippen molar-refractivity contribution in [2.45, 2.75) is 37.5 Å². The second kappa shape index (κ2) is 12.4. The molecule has 0 bridgehead atoms. The fraction of sp³-hybridized carbons (Fsp3) is 0.308. The Labute approximate surface area is 202 Å². The summed E-state index contributed by atoms with van der Waals surface area (Å²) in [6.07, 6.45) is 2.03. The summed E-state index contributed by atoms with van der Waals surface area (Å²) in [6, 6.07) is 14.3. The highest BCUT2D eigenvalue weighted by Crippen LogP contribution is 2.18. The summed E-state index contributed by atoms with van der Waals surface area (Å²) < 4.78 is 13.3. The lowest BCUT2D eigenvalue weighted by Gasteiger charge is -2.25. The van der Waals surface area contributed by atoms with Crippen LogP contribution in [0.4, 0.5) is 4.39 Å². The van der Waals surface area contributed by atoms with Crippen molar-refractivity contribution in [2.24, 2.45) is 5.92 Å². The molecule has 1 heterocycles. The molecule has 1 saturated heterocycles. The van der Waals surface area contributed by atoms with Crippen molar-refractivity contribution in [1.82, 2.24) is 16.0 Å². The summed E-state index contributed by atoms with van der Waals surface area (Å²) in [5.41, 5.74) is 1.40. The number of rotatable bonds is 10. The van der Waals surface area contributed by atoms with Gasteiger partial charge in [0.15, 0.2) is 6.10 Å². The predicted octanol–water partition coefficient (Wildman–Crippen LogP) is 1.46. The van der Waals surface area contributed by atoms with Gasteiger partial charge in [0.1, 0.15) is 11.9 Å². The molecule has 3 rings (SSSR count). The van der Waals surface area contributed by atoms with E-state index in [1.165, 1.54) is 30.3 Å². The molecular weight excluding hydrogens is 451 g/mol. The van der Waals surface area contributed by atoms with Crippen LogP contribution in [0, 0.1) is 23.1 Å². The van der Waals surface area contributed by atoms with E-state index in [1.54, 1.807) is 12.1 Å². The van der Waals surface area contributed by atoms with Crippen LogP contribution < -0.4 is 16.0 Å². The van der Waals surface area contributed by atoms with E-state index in [2.05, 4.69) is 16.0 Å². The first-order chi connectivity index (χ1) is 16.9. The van der Waals surface area contributed by atoms with Crippen LogP contribution in [-0.2, 0) is 20.8 Å². The Morgan fingerprint density at radius 1 is 1.17 bits per heavy atom. The monoisotopic (exact) mass is 478 g/mol. The second-order valence-electron chi connectivity index (χ2n) is 8.34. The standard InChI is InChI=1S/C26H27FN4O4/c27-20-9-6-18(7-10-20)14-22(30-24(33)11-8-17-4-2-1-3-5-17)26(35)31-21(23(32)16-28)15-19-12-13-29-25(19)34/h1-11,19,21-23,32H,12-15H2,(H,29,34)(H,30,33)(H,31,35)/b11-8+/t19-,21-,22-,23+/m0/s1. The summed E-state index contributed by atoms with van der Waals surface area (Å²) in [4.78, 5) is 37.7. The summed E-state index contributed by atoms with van der Waals surface area (Å²) >= 11 is 0. The Hall–Kier alpha value is -4.03. The van der Waals surface area contributed by atoms with E-state index >= 15 is 0 Å². The van der Waals surface area contributed by atoms with Gasteiger partial charge in [-0.15, -0.1) is 0 Å². The van der Waals surface area contributed by atoms with Crippen LogP contribution in [0.5, 0.6) is 0 Å². The average molecular weight is 479 g/mol. The van der Waals surface area contributed by atoms with E-state index in [1.807, 2.05) is 30.3 Å². The number of carbonyl (C=O) groups excluding carboxylic acids is 3. The number of benzene rings is 2. The van der Waals surface area contributed by atoms with Crippen molar-refractivity contribution in [1.29, 1.82) is 5.26 Å². The zero-order chi connectivity index (χ0) is 25.2. The van der Waals surface area contributed by atoms with Crippen molar-refractivity contribution in [3.05, 3.63) is 77.6 Å². The van der Waals surface area contributed by atoms with Crippen LogP contribution in [0.2, 0.25) is 0 Å². The first-order valence-corrected chi connectivity index (χ1v) is 11.3. The maximum Gasteiger partial charge on any atom is 0.244 e. The molecule has 2 aromatic rings. The van der Waals surface area contributed by atoms with Crippen molar-refractivity contribution < 1.29 is 23.9 Å². The molecule has 0 aromatic heterocycles. The molecule has 35 heavy (non-hydrogen) atoms. The second-order valence-corrected chi connectivity index (χ2v) is 8.34. The SMILES string of the molecule is N#C[C@@H](O)[C@H](C[C@@H]1CCNC1=O)NC(=O)[C@H](Cc1ccc(F)cc1)NC(=O)/C=C/c1ccccc1. The predicted molar refractivity (Wildman–Crippen MR) is 127 cm³/mol. The first kappa shape index (κ1) is 25.6. The minimum Gasteiger partial charge on any atom is -0.376 e. The average Bonchev–Trinajstić information content (AvgIpc) is 3.27. The van der Waals surface area contributed by atoms with Crippen LogP contribution in [0.25, 0.3) is 6.08 Å². The summed E-state index contributed by atoms with van der Waals surface area (Å²) in [5, 5.41) is 27.3. The minimum atomic E-state index is -1.53. The third-order valence-electron chi connectivity index (χ3n) is 5.76. The van der Waals surface area contributed by atoms with Gasteiger partial charge in [0.2, 0.25) is 17.7 Å². The highest BCUT2D eigenvalue weighted by molar-refractivity contribution is 5.95. The van der Waals surface area contributed by atoms with Gasteiger partial charge < -0.3 is 21.1 Å². The molecule has 182 valence electrons. The highest BCUT2D eigenvalue weighted by Gasteiger charge is 2.33. The van der Waals surface area contributed by atoms with Gasteiger partial charge in [-0.25, -0.2) is 4.39 Å². The van der Waals surface area contributed by atoms with Gasteiger partial charge in [0.05, 0.1) is 12.1 Å². The third-order valence-corrected chi connectivity index (χ3v) is 5.76. The molecule has 1 fully saturated rings. The number of aliphatic hydroxyl groups excluding tert-OH is 1. The number of carbonyl (C=O) groups is 3. The van der Waals surface area contributed by atoms with Crippen LogP contribution in [-0.4, -0.2) is 47.6 Å². The van der Waals surface area contributed by atoms with E-state index < -0.39 is 41.7 Å². The lowest BCUT2D eigenvalue weighted by atomic mass is 9.94. The zero-order valence-electron chi connectivity index (χ0n) is 19.0. The van der Waals surface area contributed by atoms with E-state index in [0.29, 0.717) is 18.5 Å². The molecule has 2 aromatic carbocycles. The number of nitrogens with zero attached hydrogens (tertiary/aromatic N) is 1. The van der Waals surface area contributed by atoms with Crippen molar-refractivity contribution >= 4 is 23.8 Å². The van der Waals surface area contributed by atoms with Crippen molar-refractivity contribution in [2.75, 3.05) is 6.54 Å². The molecule has 8 nitrogen and oxygen atoms in total. The fourth-order valence-electron chi connectivity index (χ4n) is 3.84. The maximum atomic E-state index is 13.3. The number of hydrogen-bond acceptors (Lipinski definition) is 5. The normalized spacial score (nSPS) is 17.7. The van der Waals surface area contributed by atoms with Gasteiger partial charge >= 0.3 is 0 Å². The Bertz CT molecular complexity index is 1100. The van der Waals surface area contributed by atoms with E-state index in [4.69, 9.17) is 0 Å². The van der Waals surface area contributed by atoms with Gasteiger partial charge in [-0.2, -0.15) is 5.26 Å². The number of aliphatic hydroxyl groups is 1. The van der Waals surface area contributed by atoms with Gasteiger partial charge in [-0.1, -0.05) is 42.5 Å². The van der Waals surface area contributed by atoms with Crippen molar-refractivity contribution in [3.63, 3.8) is 0 Å². The summed E-state index contributed by atoms with van der Waals surface area (Å²) in [7, 11) is 0. The molecule has 0 unspecified atom stereocenters. The number of halogens is 1. The van der Waals surface area contributed by atoms with Crippen LogP contribution in [0.3, 0.4) is 0 Å². The molecule has 4 N–H and O–H groups in total. The third kappa shape index (κ3) is 7.76. The molecule has 0 radical (unpaired) electrons.